The summed E-state index contributed by atoms with van der Waals surface area (Å²) in [6, 6.07) is 12.3. The van der Waals surface area contributed by atoms with Crippen molar-refractivity contribution >= 4 is 11.0 Å². The van der Waals surface area contributed by atoms with Crippen molar-refractivity contribution in [2.75, 3.05) is 6.61 Å². The van der Waals surface area contributed by atoms with Crippen LogP contribution in [0.1, 0.15) is 26.2 Å². The third-order valence-electron chi connectivity index (χ3n) is 3.59. The zero-order chi connectivity index (χ0) is 15.4. The van der Waals surface area contributed by atoms with Crippen LogP contribution in [0.25, 0.3) is 22.4 Å². The van der Waals surface area contributed by atoms with Gasteiger partial charge in [-0.05, 0) is 36.8 Å². The van der Waals surface area contributed by atoms with Gasteiger partial charge in [-0.15, -0.1) is 0 Å². The number of unbranched alkanes of at least 4 members (excludes halogenated alkanes) is 2. The van der Waals surface area contributed by atoms with Crippen molar-refractivity contribution in [2.24, 2.45) is 0 Å². The molecule has 2 aromatic carbocycles. The number of aromatic amines is 1. The van der Waals surface area contributed by atoms with Crippen LogP contribution in [0.4, 0.5) is 4.39 Å². The van der Waals surface area contributed by atoms with Crippen molar-refractivity contribution in [3.63, 3.8) is 0 Å². The highest BCUT2D eigenvalue weighted by atomic mass is 19.1. The zero-order valence-electron chi connectivity index (χ0n) is 12.6. The van der Waals surface area contributed by atoms with E-state index in [9.17, 15) is 4.39 Å². The molecule has 0 radical (unpaired) electrons. The number of ether oxygens (including phenoxy) is 1. The monoisotopic (exact) mass is 298 g/mol. The number of halogens is 1. The zero-order valence-corrected chi connectivity index (χ0v) is 12.6. The molecule has 3 rings (SSSR count). The molecule has 0 atom stereocenters. The highest BCUT2D eigenvalue weighted by Crippen LogP contribution is 2.30. The van der Waals surface area contributed by atoms with Gasteiger partial charge in [0, 0.05) is 0 Å². The highest BCUT2D eigenvalue weighted by Gasteiger charge is 2.12. The van der Waals surface area contributed by atoms with Crippen LogP contribution in [0.15, 0.2) is 42.5 Å². The summed E-state index contributed by atoms with van der Waals surface area (Å²) in [6.07, 6.45) is 3.26. The van der Waals surface area contributed by atoms with Gasteiger partial charge in [0.05, 0.1) is 23.2 Å². The SMILES string of the molecule is CCCCCOc1ccc(F)cc1-c1nc2ccccc2[nH]1. The fraction of sp³-hybridized carbons (Fsp3) is 0.278. The predicted molar refractivity (Wildman–Crippen MR) is 86.5 cm³/mol. The van der Waals surface area contributed by atoms with Crippen LogP contribution in [0.5, 0.6) is 5.75 Å². The number of hydrogen-bond acceptors (Lipinski definition) is 2. The Morgan fingerprint density at radius 1 is 1.14 bits per heavy atom. The Morgan fingerprint density at radius 2 is 2.00 bits per heavy atom. The molecule has 0 spiro atoms. The summed E-state index contributed by atoms with van der Waals surface area (Å²) in [5.74, 6) is 0.999. The third-order valence-corrected chi connectivity index (χ3v) is 3.59. The molecule has 0 saturated carbocycles. The number of rotatable bonds is 6. The molecule has 22 heavy (non-hydrogen) atoms. The molecule has 0 fully saturated rings. The summed E-state index contributed by atoms with van der Waals surface area (Å²) in [6.45, 7) is 2.78. The molecule has 0 bridgehead atoms. The summed E-state index contributed by atoms with van der Waals surface area (Å²) in [4.78, 5) is 7.75. The van der Waals surface area contributed by atoms with Crippen LogP contribution >= 0.6 is 0 Å². The van der Waals surface area contributed by atoms with Gasteiger partial charge in [0.1, 0.15) is 17.4 Å². The summed E-state index contributed by atoms with van der Waals surface area (Å²) in [7, 11) is 0. The first-order valence-corrected chi connectivity index (χ1v) is 7.65. The molecule has 3 aromatic rings. The van der Waals surface area contributed by atoms with E-state index in [-0.39, 0.29) is 5.82 Å². The molecule has 3 nitrogen and oxygen atoms in total. The Balaban J connectivity index is 1.92. The molecular formula is C18H19FN2O. The van der Waals surface area contributed by atoms with Gasteiger partial charge in [0.15, 0.2) is 0 Å². The van der Waals surface area contributed by atoms with E-state index in [1.165, 1.54) is 12.1 Å². The number of aromatic nitrogens is 2. The minimum atomic E-state index is -0.295. The minimum Gasteiger partial charge on any atom is -0.493 e. The van der Waals surface area contributed by atoms with Gasteiger partial charge in [-0.1, -0.05) is 31.9 Å². The Hall–Kier alpha value is -2.36. The lowest BCUT2D eigenvalue weighted by Gasteiger charge is -2.10. The van der Waals surface area contributed by atoms with Gasteiger partial charge in [0.25, 0.3) is 0 Å². The molecule has 1 N–H and O–H groups in total. The number of hydrogen-bond donors (Lipinski definition) is 1. The molecule has 0 unspecified atom stereocenters. The fourth-order valence-electron chi connectivity index (χ4n) is 2.43. The number of nitrogens with zero attached hydrogens (tertiary/aromatic N) is 1. The largest absolute Gasteiger partial charge is 0.493 e. The summed E-state index contributed by atoms with van der Waals surface area (Å²) < 4.78 is 19.5. The normalized spacial score (nSPS) is 11.0. The van der Waals surface area contributed by atoms with E-state index in [1.807, 2.05) is 24.3 Å². The fourth-order valence-corrected chi connectivity index (χ4v) is 2.43. The van der Waals surface area contributed by atoms with Crippen molar-refractivity contribution in [1.29, 1.82) is 0 Å². The maximum absolute atomic E-state index is 13.6. The number of fused-ring (bicyclic) bond motifs is 1. The maximum Gasteiger partial charge on any atom is 0.142 e. The molecule has 0 aliphatic rings. The van der Waals surface area contributed by atoms with Gasteiger partial charge in [0.2, 0.25) is 0 Å². The topological polar surface area (TPSA) is 37.9 Å². The van der Waals surface area contributed by atoms with Crippen molar-refractivity contribution in [2.45, 2.75) is 26.2 Å². The number of nitrogens with one attached hydrogen (secondary N) is 1. The van der Waals surface area contributed by atoms with Crippen molar-refractivity contribution < 1.29 is 9.13 Å². The highest BCUT2D eigenvalue weighted by molar-refractivity contribution is 5.80. The standard InChI is InChI=1S/C18H19FN2O/c1-2-3-6-11-22-17-10-9-13(19)12-14(17)18-20-15-7-4-5-8-16(15)21-18/h4-5,7-10,12H,2-3,6,11H2,1H3,(H,20,21). The average molecular weight is 298 g/mol. The van der Waals surface area contributed by atoms with E-state index < -0.39 is 0 Å². The lowest BCUT2D eigenvalue weighted by atomic mass is 10.2. The second-order valence-electron chi connectivity index (χ2n) is 5.30. The van der Waals surface area contributed by atoms with Crippen LogP contribution < -0.4 is 4.74 Å². The van der Waals surface area contributed by atoms with Gasteiger partial charge in [-0.2, -0.15) is 0 Å². The molecule has 114 valence electrons. The second kappa shape index (κ2) is 6.60. The van der Waals surface area contributed by atoms with Crippen molar-refractivity contribution in [3.8, 4) is 17.1 Å². The van der Waals surface area contributed by atoms with E-state index in [1.54, 1.807) is 6.07 Å². The number of para-hydroxylation sites is 2. The van der Waals surface area contributed by atoms with Gasteiger partial charge >= 0.3 is 0 Å². The molecule has 1 heterocycles. The summed E-state index contributed by atoms with van der Waals surface area (Å²) in [5, 5.41) is 0. The van der Waals surface area contributed by atoms with Gasteiger partial charge < -0.3 is 9.72 Å². The van der Waals surface area contributed by atoms with Crippen LogP contribution in [0.2, 0.25) is 0 Å². The van der Waals surface area contributed by atoms with E-state index >= 15 is 0 Å². The third kappa shape index (κ3) is 3.11. The lowest BCUT2D eigenvalue weighted by Crippen LogP contribution is -1.99. The van der Waals surface area contributed by atoms with Crippen LogP contribution in [-0.4, -0.2) is 16.6 Å². The van der Waals surface area contributed by atoms with Crippen LogP contribution in [0, 0.1) is 5.82 Å². The van der Waals surface area contributed by atoms with E-state index in [4.69, 9.17) is 4.74 Å². The number of imidazole rings is 1. The minimum absolute atomic E-state index is 0.295. The smallest absolute Gasteiger partial charge is 0.142 e. The van der Waals surface area contributed by atoms with Crippen LogP contribution in [0.3, 0.4) is 0 Å². The first kappa shape index (κ1) is 14.6. The average Bonchev–Trinajstić information content (AvgIpc) is 2.96. The summed E-state index contributed by atoms with van der Waals surface area (Å²) >= 11 is 0. The molecule has 0 aliphatic heterocycles. The maximum atomic E-state index is 13.6. The second-order valence-corrected chi connectivity index (χ2v) is 5.30. The number of H-pyrrole nitrogens is 1. The molecule has 0 amide bonds. The first-order chi connectivity index (χ1) is 10.8. The molecule has 4 heteroatoms. The predicted octanol–water partition coefficient (Wildman–Crippen LogP) is 4.94. The van der Waals surface area contributed by atoms with E-state index in [2.05, 4.69) is 16.9 Å². The quantitative estimate of drug-likeness (QED) is 0.655. The molecule has 0 saturated heterocycles. The Bertz CT molecular complexity index is 734. The number of benzene rings is 2. The van der Waals surface area contributed by atoms with Gasteiger partial charge in [-0.25, -0.2) is 9.37 Å². The Morgan fingerprint density at radius 3 is 2.82 bits per heavy atom. The van der Waals surface area contributed by atoms with Crippen molar-refractivity contribution in [3.05, 3.63) is 48.3 Å². The Kier molecular flexibility index (Phi) is 4.37. The molecule has 0 aliphatic carbocycles. The van der Waals surface area contributed by atoms with Crippen molar-refractivity contribution in [1.82, 2.24) is 9.97 Å². The Labute approximate surface area is 129 Å². The first-order valence-electron chi connectivity index (χ1n) is 7.65. The molecule has 1 aromatic heterocycles. The molecular weight excluding hydrogens is 279 g/mol. The summed E-state index contributed by atoms with van der Waals surface area (Å²) in [5.41, 5.74) is 2.45. The van der Waals surface area contributed by atoms with Gasteiger partial charge in [-0.3, -0.25) is 0 Å². The lowest BCUT2D eigenvalue weighted by molar-refractivity contribution is 0.307. The van der Waals surface area contributed by atoms with Crippen LogP contribution in [-0.2, 0) is 0 Å². The van der Waals surface area contributed by atoms with E-state index in [0.717, 1.165) is 30.3 Å². The van der Waals surface area contributed by atoms with E-state index in [0.29, 0.717) is 23.7 Å².